The quantitative estimate of drug-likeness (QED) is 0.772. The van der Waals surface area contributed by atoms with Gasteiger partial charge in [-0.2, -0.15) is 0 Å². The van der Waals surface area contributed by atoms with Gasteiger partial charge in [0.2, 0.25) is 0 Å². The summed E-state index contributed by atoms with van der Waals surface area (Å²) in [6.07, 6.45) is 8.10. The van der Waals surface area contributed by atoms with Gasteiger partial charge in [-0.15, -0.1) is 0 Å². The average molecular weight is 240 g/mol. The van der Waals surface area contributed by atoms with Crippen molar-refractivity contribution in [2.45, 2.75) is 71.4 Å². The standard InChI is InChI=1S/C15H32N2/c1-5-6-13(3)15(11-16)17(4)14-9-7-12(2)8-10-14/h12-15H,5-11,16H2,1-4H3. The van der Waals surface area contributed by atoms with Crippen LogP contribution in [0.25, 0.3) is 0 Å². The Morgan fingerprint density at radius 2 is 1.82 bits per heavy atom. The average Bonchev–Trinajstić information content (AvgIpc) is 2.31. The molecule has 1 saturated carbocycles. The molecule has 2 heteroatoms. The Morgan fingerprint density at radius 1 is 1.24 bits per heavy atom. The van der Waals surface area contributed by atoms with E-state index in [-0.39, 0.29) is 0 Å². The summed E-state index contributed by atoms with van der Waals surface area (Å²) in [6, 6.07) is 1.35. The van der Waals surface area contributed by atoms with Crippen molar-refractivity contribution in [3.63, 3.8) is 0 Å². The van der Waals surface area contributed by atoms with Gasteiger partial charge in [-0.3, -0.25) is 4.90 Å². The maximum absolute atomic E-state index is 6.00. The lowest BCUT2D eigenvalue weighted by Gasteiger charge is -2.40. The molecule has 1 aliphatic carbocycles. The summed E-state index contributed by atoms with van der Waals surface area (Å²) < 4.78 is 0. The van der Waals surface area contributed by atoms with Crippen LogP contribution in [0.15, 0.2) is 0 Å². The molecule has 0 aliphatic heterocycles. The van der Waals surface area contributed by atoms with Gasteiger partial charge in [-0.05, 0) is 51.0 Å². The van der Waals surface area contributed by atoms with E-state index in [0.29, 0.717) is 6.04 Å². The molecule has 0 radical (unpaired) electrons. The fourth-order valence-corrected chi connectivity index (χ4v) is 3.37. The number of nitrogens with two attached hydrogens (primary N) is 1. The highest BCUT2D eigenvalue weighted by Crippen LogP contribution is 2.29. The summed E-state index contributed by atoms with van der Waals surface area (Å²) >= 11 is 0. The van der Waals surface area contributed by atoms with Crippen LogP contribution in [0.3, 0.4) is 0 Å². The summed E-state index contributed by atoms with van der Waals surface area (Å²) in [6.45, 7) is 7.83. The highest BCUT2D eigenvalue weighted by Gasteiger charge is 2.28. The highest BCUT2D eigenvalue weighted by atomic mass is 15.2. The van der Waals surface area contributed by atoms with Gasteiger partial charge in [0.25, 0.3) is 0 Å². The van der Waals surface area contributed by atoms with Crippen LogP contribution in [-0.2, 0) is 0 Å². The summed E-state index contributed by atoms with van der Waals surface area (Å²) in [5, 5.41) is 0. The molecular formula is C15H32N2. The Labute approximate surface area is 108 Å². The van der Waals surface area contributed by atoms with Crippen LogP contribution in [0.4, 0.5) is 0 Å². The molecule has 0 heterocycles. The van der Waals surface area contributed by atoms with Crippen molar-refractivity contribution in [3.05, 3.63) is 0 Å². The van der Waals surface area contributed by atoms with E-state index in [4.69, 9.17) is 5.73 Å². The van der Waals surface area contributed by atoms with Gasteiger partial charge >= 0.3 is 0 Å². The first-order valence-electron chi connectivity index (χ1n) is 7.52. The molecule has 1 fully saturated rings. The van der Waals surface area contributed by atoms with Crippen LogP contribution in [0.1, 0.15) is 59.3 Å². The van der Waals surface area contributed by atoms with Crippen LogP contribution in [-0.4, -0.2) is 30.6 Å². The first-order chi connectivity index (χ1) is 8.10. The zero-order valence-electron chi connectivity index (χ0n) is 12.3. The maximum Gasteiger partial charge on any atom is 0.0243 e. The molecule has 0 aromatic heterocycles. The van der Waals surface area contributed by atoms with E-state index in [1.165, 1.54) is 38.5 Å². The molecule has 1 rings (SSSR count). The zero-order valence-corrected chi connectivity index (χ0v) is 12.3. The Morgan fingerprint density at radius 3 is 2.29 bits per heavy atom. The first kappa shape index (κ1) is 15.0. The molecule has 17 heavy (non-hydrogen) atoms. The minimum Gasteiger partial charge on any atom is -0.329 e. The molecule has 2 atom stereocenters. The Bertz CT molecular complexity index is 197. The number of hydrogen-bond acceptors (Lipinski definition) is 2. The molecule has 0 aromatic carbocycles. The zero-order chi connectivity index (χ0) is 12.8. The summed E-state index contributed by atoms with van der Waals surface area (Å²) in [5.41, 5.74) is 6.00. The van der Waals surface area contributed by atoms with Gasteiger partial charge in [-0.1, -0.05) is 27.2 Å². The molecule has 2 unspecified atom stereocenters. The third kappa shape index (κ3) is 4.26. The number of rotatable bonds is 6. The van der Waals surface area contributed by atoms with Crippen molar-refractivity contribution < 1.29 is 0 Å². The fraction of sp³-hybridized carbons (Fsp3) is 1.00. The largest absolute Gasteiger partial charge is 0.329 e. The summed E-state index contributed by atoms with van der Waals surface area (Å²) in [4.78, 5) is 2.59. The molecular weight excluding hydrogens is 208 g/mol. The second-order valence-electron chi connectivity index (χ2n) is 6.15. The van der Waals surface area contributed by atoms with E-state index >= 15 is 0 Å². The number of likely N-dealkylation sites (N-methyl/N-ethyl adjacent to an activating group) is 1. The number of hydrogen-bond donors (Lipinski definition) is 1. The van der Waals surface area contributed by atoms with Gasteiger partial charge in [0.15, 0.2) is 0 Å². The Balaban J connectivity index is 2.50. The van der Waals surface area contributed by atoms with Crippen molar-refractivity contribution in [1.82, 2.24) is 4.90 Å². The molecule has 1 aliphatic rings. The molecule has 0 bridgehead atoms. The van der Waals surface area contributed by atoms with Crippen LogP contribution < -0.4 is 5.73 Å². The highest BCUT2D eigenvalue weighted by molar-refractivity contribution is 4.84. The van der Waals surface area contributed by atoms with E-state index in [2.05, 4.69) is 32.7 Å². The van der Waals surface area contributed by atoms with Crippen LogP contribution in [0.2, 0.25) is 0 Å². The van der Waals surface area contributed by atoms with E-state index in [0.717, 1.165) is 24.4 Å². The van der Waals surface area contributed by atoms with Gasteiger partial charge in [-0.25, -0.2) is 0 Å². The third-order valence-electron chi connectivity index (χ3n) is 4.73. The van der Waals surface area contributed by atoms with Crippen molar-refractivity contribution in [3.8, 4) is 0 Å². The van der Waals surface area contributed by atoms with Gasteiger partial charge in [0.05, 0.1) is 0 Å². The van der Waals surface area contributed by atoms with Crippen molar-refractivity contribution in [2.24, 2.45) is 17.6 Å². The Hall–Kier alpha value is -0.0800. The third-order valence-corrected chi connectivity index (χ3v) is 4.73. The van der Waals surface area contributed by atoms with E-state index < -0.39 is 0 Å². The molecule has 0 saturated heterocycles. The lowest BCUT2D eigenvalue weighted by Crippen LogP contribution is -2.48. The van der Waals surface area contributed by atoms with Crippen molar-refractivity contribution >= 4 is 0 Å². The fourth-order valence-electron chi connectivity index (χ4n) is 3.37. The lowest BCUT2D eigenvalue weighted by atomic mass is 9.85. The van der Waals surface area contributed by atoms with Crippen molar-refractivity contribution in [2.75, 3.05) is 13.6 Å². The van der Waals surface area contributed by atoms with E-state index in [1.807, 2.05) is 0 Å². The second kappa shape index (κ2) is 7.38. The topological polar surface area (TPSA) is 29.3 Å². The molecule has 0 aromatic rings. The predicted octanol–water partition coefficient (Wildman–Crippen LogP) is 3.26. The molecule has 0 amide bonds. The molecule has 0 spiro atoms. The summed E-state index contributed by atoms with van der Waals surface area (Å²) in [7, 11) is 2.30. The van der Waals surface area contributed by atoms with Gasteiger partial charge in [0.1, 0.15) is 0 Å². The summed E-state index contributed by atoms with van der Waals surface area (Å²) in [5.74, 6) is 1.67. The van der Waals surface area contributed by atoms with Crippen LogP contribution >= 0.6 is 0 Å². The minimum atomic E-state index is 0.577. The first-order valence-corrected chi connectivity index (χ1v) is 7.52. The maximum atomic E-state index is 6.00. The van der Waals surface area contributed by atoms with E-state index in [9.17, 15) is 0 Å². The van der Waals surface area contributed by atoms with Crippen LogP contribution in [0, 0.1) is 11.8 Å². The van der Waals surface area contributed by atoms with E-state index in [1.54, 1.807) is 0 Å². The molecule has 2 nitrogen and oxygen atoms in total. The van der Waals surface area contributed by atoms with Gasteiger partial charge in [0, 0.05) is 18.6 Å². The lowest BCUT2D eigenvalue weighted by molar-refractivity contribution is 0.0940. The predicted molar refractivity (Wildman–Crippen MR) is 76.1 cm³/mol. The Kier molecular flexibility index (Phi) is 6.50. The minimum absolute atomic E-state index is 0.577. The normalized spacial score (nSPS) is 29.3. The van der Waals surface area contributed by atoms with Crippen molar-refractivity contribution in [1.29, 1.82) is 0 Å². The van der Waals surface area contributed by atoms with Crippen LogP contribution in [0.5, 0.6) is 0 Å². The second-order valence-corrected chi connectivity index (χ2v) is 6.15. The molecule has 102 valence electrons. The molecule has 2 N–H and O–H groups in total. The van der Waals surface area contributed by atoms with Gasteiger partial charge < -0.3 is 5.73 Å². The number of nitrogens with zero attached hydrogens (tertiary/aromatic N) is 1. The SMILES string of the molecule is CCCC(C)C(CN)N(C)C1CCC(C)CC1. The smallest absolute Gasteiger partial charge is 0.0243 e. The monoisotopic (exact) mass is 240 g/mol.